The molecule has 1 aromatic carbocycles. The van der Waals surface area contributed by atoms with Crippen LogP contribution in [-0.4, -0.2) is 22.2 Å². The lowest BCUT2D eigenvalue weighted by Crippen LogP contribution is -2.18. The third-order valence-corrected chi connectivity index (χ3v) is 4.40. The quantitative estimate of drug-likeness (QED) is 0.844. The van der Waals surface area contributed by atoms with Crippen molar-refractivity contribution in [1.29, 1.82) is 0 Å². The Morgan fingerprint density at radius 3 is 3.00 bits per heavy atom. The van der Waals surface area contributed by atoms with Gasteiger partial charge in [0.15, 0.2) is 4.34 Å². The van der Waals surface area contributed by atoms with Crippen LogP contribution in [0.25, 0.3) is 0 Å². The fourth-order valence-corrected chi connectivity index (χ4v) is 3.23. The molecule has 17 heavy (non-hydrogen) atoms. The zero-order chi connectivity index (χ0) is 12.1. The van der Waals surface area contributed by atoms with Gasteiger partial charge < -0.3 is 5.32 Å². The molecule has 0 aliphatic rings. The number of hydrogen-bond acceptors (Lipinski definition) is 5. The van der Waals surface area contributed by atoms with Gasteiger partial charge in [0.2, 0.25) is 0 Å². The SMILES string of the molecule is CNC(CSc1ncns1)c1cccc(C)c1. The maximum Gasteiger partial charge on any atom is 0.169 e. The highest BCUT2D eigenvalue weighted by molar-refractivity contribution is 8.00. The van der Waals surface area contributed by atoms with Crippen LogP contribution in [0.4, 0.5) is 0 Å². The Bertz CT molecular complexity index is 457. The summed E-state index contributed by atoms with van der Waals surface area (Å²) in [5.41, 5.74) is 2.62. The zero-order valence-electron chi connectivity index (χ0n) is 9.88. The van der Waals surface area contributed by atoms with Crippen molar-refractivity contribution in [2.45, 2.75) is 17.3 Å². The molecule has 1 N–H and O–H groups in total. The summed E-state index contributed by atoms with van der Waals surface area (Å²) in [7, 11) is 1.99. The highest BCUT2D eigenvalue weighted by Gasteiger charge is 2.10. The van der Waals surface area contributed by atoms with E-state index in [0.717, 1.165) is 10.1 Å². The molecule has 0 radical (unpaired) electrons. The standard InChI is InChI=1S/C12H15N3S2/c1-9-4-3-5-10(6-9)11(13-2)7-16-12-14-8-15-17-12/h3-6,8,11,13H,7H2,1-2H3. The Labute approximate surface area is 110 Å². The fourth-order valence-electron chi connectivity index (χ4n) is 1.61. The first-order chi connectivity index (χ1) is 8.29. The van der Waals surface area contributed by atoms with Crippen molar-refractivity contribution >= 4 is 23.3 Å². The Morgan fingerprint density at radius 2 is 2.35 bits per heavy atom. The first-order valence-corrected chi connectivity index (χ1v) is 7.19. The normalized spacial score (nSPS) is 12.6. The van der Waals surface area contributed by atoms with E-state index in [2.05, 4.69) is 45.9 Å². The van der Waals surface area contributed by atoms with Gasteiger partial charge in [0, 0.05) is 11.8 Å². The highest BCUT2D eigenvalue weighted by atomic mass is 32.2. The largest absolute Gasteiger partial charge is 0.312 e. The summed E-state index contributed by atoms with van der Waals surface area (Å²) in [4.78, 5) is 4.18. The molecule has 90 valence electrons. The molecular formula is C12H15N3S2. The van der Waals surface area contributed by atoms with Gasteiger partial charge in [0.1, 0.15) is 6.33 Å². The van der Waals surface area contributed by atoms with Gasteiger partial charge in [-0.15, -0.1) is 0 Å². The second-order valence-electron chi connectivity index (χ2n) is 3.77. The van der Waals surface area contributed by atoms with E-state index in [1.165, 1.54) is 22.7 Å². The maximum absolute atomic E-state index is 4.18. The van der Waals surface area contributed by atoms with Crippen LogP contribution in [0.2, 0.25) is 0 Å². The number of aromatic nitrogens is 2. The molecule has 0 fully saturated rings. The molecule has 1 unspecified atom stereocenters. The maximum atomic E-state index is 4.18. The Hall–Kier alpha value is -0.910. The van der Waals surface area contributed by atoms with E-state index < -0.39 is 0 Å². The van der Waals surface area contributed by atoms with E-state index in [1.807, 2.05) is 7.05 Å². The van der Waals surface area contributed by atoms with Gasteiger partial charge in [0.25, 0.3) is 0 Å². The van der Waals surface area contributed by atoms with Crippen molar-refractivity contribution in [2.24, 2.45) is 0 Å². The number of nitrogens with zero attached hydrogens (tertiary/aromatic N) is 2. The lowest BCUT2D eigenvalue weighted by Gasteiger charge is -2.15. The van der Waals surface area contributed by atoms with Gasteiger partial charge in [0.05, 0.1) is 0 Å². The molecule has 0 bridgehead atoms. The number of aryl methyl sites for hydroxylation is 1. The van der Waals surface area contributed by atoms with Gasteiger partial charge in [-0.2, -0.15) is 4.37 Å². The smallest absolute Gasteiger partial charge is 0.169 e. The van der Waals surface area contributed by atoms with Crippen molar-refractivity contribution < 1.29 is 0 Å². The van der Waals surface area contributed by atoms with Crippen molar-refractivity contribution in [3.05, 3.63) is 41.7 Å². The van der Waals surface area contributed by atoms with Crippen molar-refractivity contribution in [1.82, 2.24) is 14.7 Å². The molecule has 0 amide bonds. The molecule has 0 saturated carbocycles. The van der Waals surface area contributed by atoms with Gasteiger partial charge in [-0.25, -0.2) is 4.98 Å². The first kappa shape index (κ1) is 12.5. The van der Waals surface area contributed by atoms with Gasteiger partial charge in [-0.1, -0.05) is 41.6 Å². The lowest BCUT2D eigenvalue weighted by atomic mass is 10.1. The molecule has 1 aromatic heterocycles. The van der Waals surface area contributed by atoms with Crippen LogP contribution in [-0.2, 0) is 0 Å². The van der Waals surface area contributed by atoms with E-state index in [9.17, 15) is 0 Å². The average molecular weight is 265 g/mol. The molecule has 0 spiro atoms. The highest BCUT2D eigenvalue weighted by Crippen LogP contribution is 2.25. The molecule has 5 heteroatoms. The van der Waals surface area contributed by atoms with Gasteiger partial charge in [-0.3, -0.25) is 0 Å². The van der Waals surface area contributed by atoms with Gasteiger partial charge >= 0.3 is 0 Å². The minimum atomic E-state index is 0.351. The summed E-state index contributed by atoms with van der Waals surface area (Å²) in [6, 6.07) is 8.96. The van der Waals surface area contributed by atoms with Gasteiger partial charge in [-0.05, 0) is 31.1 Å². The predicted molar refractivity (Wildman–Crippen MR) is 73.6 cm³/mol. The molecule has 0 saturated heterocycles. The molecule has 2 rings (SSSR count). The number of hydrogen-bond donors (Lipinski definition) is 1. The topological polar surface area (TPSA) is 37.8 Å². The minimum absolute atomic E-state index is 0.351. The van der Waals surface area contributed by atoms with E-state index in [-0.39, 0.29) is 0 Å². The summed E-state index contributed by atoms with van der Waals surface area (Å²) < 4.78 is 5.03. The first-order valence-electron chi connectivity index (χ1n) is 5.43. The van der Waals surface area contributed by atoms with Crippen LogP contribution in [0, 0.1) is 6.92 Å². The number of benzene rings is 1. The minimum Gasteiger partial charge on any atom is -0.312 e. The van der Waals surface area contributed by atoms with E-state index in [4.69, 9.17) is 0 Å². The Kier molecular flexibility index (Phi) is 4.53. The van der Waals surface area contributed by atoms with E-state index in [0.29, 0.717) is 6.04 Å². The molecule has 3 nitrogen and oxygen atoms in total. The summed E-state index contributed by atoms with van der Waals surface area (Å²) in [6.07, 6.45) is 1.61. The molecule has 0 aliphatic heterocycles. The zero-order valence-corrected chi connectivity index (χ0v) is 11.5. The third-order valence-electron chi connectivity index (χ3n) is 2.51. The summed E-state index contributed by atoms with van der Waals surface area (Å²) in [5.74, 6) is 0.967. The summed E-state index contributed by atoms with van der Waals surface area (Å²) in [5, 5.41) is 3.34. The van der Waals surface area contributed by atoms with Crippen LogP contribution < -0.4 is 5.32 Å². The average Bonchev–Trinajstić information content (AvgIpc) is 2.83. The van der Waals surface area contributed by atoms with Crippen LogP contribution in [0.15, 0.2) is 34.9 Å². The Morgan fingerprint density at radius 1 is 1.47 bits per heavy atom. The summed E-state index contributed by atoms with van der Waals surface area (Å²) >= 11 is 3.19. The van der Waals surface area contributed by atoms with E-state index in [1.54, 1.807) is 18.1 Å². The number of rotatable bonds is 5. The summed E-state index contributed by atoms with van der Waals surface area (Å²) in [6.45, 7) is 2.12. The number of nitrogens with one attached hydrogen (secondary N) is 1. The third kappa shape index (κ3) is 3.52. The molecule has 2 aromatic rings. The van der Waals surface area contributed by atoms with E-state index >= 15 is 0 Å². The van der Waals surface area contributed by atoms with Crippen molar-refractivity contribution in [3.63, 3.8) is 0 Å². The molecule has 1 atom stereocenters. The molecule has 1 heterocycles. The molecule has 0 aliphatic carbocycles. The Balaban J connectivity index is 2.01. The number of thioether (sulfide) groups is 1. The van der Waals surface area contributed by atoms with Crippen molar-refractivity contribution in [3.8, 4) is 0 Å². The lowest BCUT2D eigenvalue weighted by molar-refractivity contribution is 0.661. The van der Waals surface area contributed by atoms with Crippen LogP contribution in [0.1, 0.15) is 17.2 Å². The second-order valence-corrected chi connectivity index (χ2v) is 5.82. The van der Waals surface area contributed by atoms with Crippen LogP contribution in [0.3, 0.4) is 0 Å². The monoisotopic (exact) mass is 265 g/mol. The second kappa shape index (κ2) is 6.14. The fraction of sp³-hybridized carbons (Fsp3) is 0.333. The van der Waals surface area contributed by atoms with Crippen LogP contribution in [0.5, 0.6) is 0 Å². The van der Waals surface area contributed by atoms with Crippen LogP contribution >= 0.6 is 23.3 Å². The molecular weight excluding hydrogens is 250 g/mol. The predicted octanol–water partition coefficient (Wildman–Crippen LogP) is 2.90. The van der Waals surface area contributed by atoms with Crippen molar-refractivity contribution in [2.75, 3.05) is 12.8 Å².